The highest BCUT2D eigenvalue weighted by Crippen LogP contribution is 2.36. The number of halogens is 1. The molecule has 3 aromatic rings. The molecular formula is C23H26FN5O2. The van der Waals surface area contributed by atoms with Crippen LogP contribution in [0.5, 0.6) is 0 Å². The molecule has 2 aliphatic rings. The number of hydrogen-bond donors (Lipinski definition) is 0. The van der Waals surface area contributed by atoms with Crippen LogP contribution >= 0.6 is 0 Å². The fourth-order valence-corrected chi connectivity index (χ4v) is 4.99. The van der Waals surface area contributed by atoms with Crippen molar-refractivity contribution < 1.29 is 8.91 Å². The van der Waals surface area contributed by atoms with Crippen molar-refractivity contribution in [1.82, 2.24) is 19.6 Å². The van der Waals surface area contributed by atoms with Gasteiger partial charge in [0.2, 0.25) is 5.89 Å². The van der Waals surface area contributed by atoms with Crippen LogP contribution in [0.25, 0.3) is 0 Å². The van der Waals surface area contributed by atoms with Gasteiger partial charge in [0.15, 0.2) is 0 Å². The molecule has 0 spiro atoms. The standard InChI is InChI=1S/C23H26FN5O2/c1-15-25-23(26-31-15)28-11-17-8-19(14-28)21-7-6-18(22(30)29(21)12-17)13-27(2)10-16-4-3-5-20(24)9-16/h3-7,9,17,19H,8,10-14H2,1-2H3/t17-,19+/m0/s1. The van der Waals surface area contributed by atoms with Gasteiger partial charge in [-0.25, -0.2) is 4.39 Å². The van der Waals surface area contributed by atoms with Gasteiger partial charge in [-0.15, -0.1) is 0 Å². The Kier molecular flexibility index (Phi) is 5.09. The summed E-state index contributed by atoms with van der Waals surface area (Å²) >= 11 is 0. The summed E-state index contributed by atoms with van der Waals surface area (Å²) in [4.78, 5) is 21.9. The van der Waals surface area contributed by atoms with Gasteiger partial charge in [0, 0.05) is 56.8 Å². The zero-order chi connectivity index (χ0) is 21.5. The van der Waals surface area contributed by atoms with Gasteiger partial charge >= 0.3 is 0 Å². The first-order chi connectivity index (χ1) is 15.0. The summed E-state index contributed by atoms with van der Waals surface area (Å²) in [7, 11) is 1.95. The Labute approximate surface area is 180 Å². The molecule has 0 aliphatic carbocycles. The van der Waals surface area contributed by atoms with Crippen LogP contribution in [-0.2, 0) is 19.6 Å². The molecule has 1 saturated heterocycles. The Balaban J connectivity index is 1.34. The third-order valence-corrected chi connectivity index (χ3v) is 6.26. The maximum Gasteiger partial charge on any atom is 0.266 e. The summed E-state index contributed by atoms with van der Waals surface area (Å²) < 4.78 is 20.6. The van der Waals surface area contributed by atoms with E-state index in [-0.39, 0.29) is 17.3 Å². The molecule has 0 radical (unpaired) electrons. The topological polar surface area (TPSA) is 67.4 Å². The predicted molar refractivity (Wildman–Crippen MR) is 114 cm³/mol. The Hall–Kier alpha value is -3.00. The summed E-state index contributed by atoms with van der Waals surface area (Å²) in [5, 5.41) is 4.07. The van der Waals surface area contributed by atoms with Gasteiger partial charge in [-0.2, -0.15) is 4.98 Å². The number of anilines is 1. The van der Waals surface area contributed by atoms with Crippen LogP contribution in [0.15, 0.2) is 45.7 Å². The first kappa shape index (κ1) is 19.9. The van der Waals surface area contributed by atoms with E-state index in [1.165, 1.54) is 12.1 Å². The lowest BCUT2D eigenvalue weighted by Crippen LogP contribution is -2.48. The smallest absolute Gasteiger partial charge is 0.266 e. The van der Waals surface area contributed by atoms with E-state index >= 15 is 0 Å². The second-order valence-corrected chi connectivity index (χ2v) is 8.82. The van der Waals surface area contributed by atoms with E-state index in [4.69, 9.17) is 4.52 Å². The minimum absolute atomic E-state index is 0.0853. The van der Waals surface area contributed by atoms with E-state index in [0.29, 0.717) is 37.4 Å². The van der Waals surface area contributed by atoms with Crippen molar-refractivity contribution in [2.24, 2.45) is 5.92 Å². The summed E-state index contributed by atoms with van der Waals surface area (Å²) in [5.74, 6) is 1.62. The molecule has 8 heteroatoms. The van der Waals surface area contributed by atoms with E-state index < -0.39 is 0 Å². The van der Waals surface area contributed by atoms with Gasteiger partial charge < -0.3 is 14.0 Å². The highest BCUT2D eigenvalue weighted by molar-refractivity contribution is 5.33. The fourth-order valence-electron chi connectivity index (χ4n) is 4.99. The molecule has 0 unspecified atom stereocenters. The van der Waals surface area contributed by atoms with Gasteiger partial charge in [0.05, 0.1) is 0 Å². The van der Waals surface area contributed by atoms with Crippen molar-refractivity contribution in [3.63, 3.8) is 0 Å². The number of pyridine rings is 1. The number of fused-ring (bicyclic) bond motifs is 4. The average Bonchev–Trinajstić information content (AvgIpc) is 3.17. The Bertz CT molecular complexity index is 1160. The van der Waals surface area contributed by atoms with Crippen molar-refractivity contribution in [3.8, 4) is 0 Å². The molecule has 1 aromatic carbocycles. The molecule has 4 heterocycles. The van der Waals surface area contributed by atoms with Crippen LogP contribution in [0.3, 0.4) is 0 Å². The van der Waals surface area contributed by atoms with Crippen molar-refractivity contribution in [2.45, 2.75) is 38.9 Å². The number of piperidine rings is 1. The summed E-state index contributed by atoms with van der Waals surface area (Å²) in [6.07, 6.45) is 1.07. The van der Waals surface area contributed by atoms with E-state index in [0.717, 1.165) is 36.3 Å². The molecule has 0 saturated carbocycles. The van der Waals surface area contributed by atoms with Gasteiger partial charge in [-0.1, -0.05) is 18.2 Å². The highest BCUT2D eigenvalue weighted by Gasteiger charge is 2.36. The fraction of sp³-hybridized carbons (Fsp3) is 0.435. The quantitative estimate of drug-likeness (QED) is 0.629. The monoisotopic (exact) mass is 423 g/mol. The average molecular weight is 423 g/mol. The molecule has 31 heavy (non-hydrogen) atoms. The van der Waals surface area contributed by atoms with Crippen LogP contribution in [0.4, 0.5) is 10.3 Å². The molecule has 162 valence electrons. The molecule has 0 N–H and O–H groups in total. The number of hydrogen-bond acceptors (Lipinski definition) is 6. The zero-order valence-corrected chi connectivity index (χ0v) is 17.8. The minimum Gasteiger partial charge on any atom is -0.338 e. The number of aryl methyl sites for hydroxylation is 1. The highest BCUT2D eigenvalue weighted by atomic mass is 19.1. The van der Waals surface area contributed by atoms with Crippen molar-refractivity contribution in [1.29, 1.82) is 0 Å². The first-order valence-corrected chi connectivity index (χ1v) is 10.7. The lowest BCUT2D eigenvalue weighted by molar-refractivity contribution is 0.273. The van der Waals surface area contributed by atoms with Crippen LogP contribution in [0.1, 0.15) is 35.1 Å². The molecule has 2 bridgehead atoms. The van der Waals surface area contributed by atoms with Gasteiger partial charge in [-0.3, -0.25) is 9.69 Å². The van der Waals surface area contributed by atoms with Gasteiger partial charge in [0.1, 0.15) is 5.82 Å². The van der Waals surface area contributed by atoms with E-state index in [9.17, 15) is 9.18 Å². The molecule has 1 fully saturated rings. The van der Waals surface area contributed by atoms with Crippen LogP contribution < -0.4 is 10.5 Å². The lowest BCUT2D eigenvalue weighted by Gasteiger charge is -2.42. The summed E-state index contributed by atoms with van der Waals surface area (Å²) in [5.41, 5.74) is 2.84. The molecule has 2 aliphatic heterocycles. The Morgan fingerprint density at radius 1 is 1.19 bits per heavy atom. The Morgan fingerprint density at radius 2 is 2.06 bits per heavy atom. The first-order valence-electron chi connectivity index (χ1n) is 10.7. The van der Waals surface area contributed by atoms with E-state index in [1.54, 1.807) is 13.0 Å². The summed E-state index contributed by atoms with van der Waals surface area (Å²) in [6, 6.07) is 10.6. The number of rotatable bonds is 5. The number of benzene rings is 1. The zero-order valence-electron chi connectivity index (χ0n) is 17.8. The number of aromatic nitrogens is 3. The minimum atomic E-state index is -0.240. The van der Waals surface area contributed by atoms with Crippen LogP contribution in [0, 0.1) is 18.7 Å². The van der Waals surface area contributed by atoms with E-state index in [1.807, 2.05) is 28.6 Å². The molecule has 5 rings (SSSR count). The normalized spacial score (nSPS) is 20.2. The van der Waals surface area contributed by atoms with Crippen molar-refractivity contribution in [3.05, 3.63) is 75.3 Å². The predicted octanol–water partition coefficient (Wildman–Crippen LogP) is 2.93. The van der Waals surface area contributed by atoms with Crippen molar-refractivity contribution >= 4 is 5.95 Å². The molecule has 2 atom stereocenters. The largest absolute Gasteiger partial charge is 0.338 e. The van der Waals surface area contributed by atoms with Crippen molar-refractivity contribution in [2.75, 3.05) is 25.0 Å². The second kappa shape index (κ2) is 7.92. The Morgan fingerprint density at radius 3 is 2.84 bits per heavy atom. The van der Waals surface area contributed by atoms with Crippen LogP contribution in [0.2, 0.25) is 0 Å². The van der Waals surface area contributed by atoms with E-state index in [2.05, 4.69) is 21.1 Å². The second-order valence-electron chi connectivity index (χ2n) is 8.82. The molecular weight excluding hydrogens is 397 g/mol. The molecule has 2 aromatic heterocycles. The van der Waals surface area contributed by atoms with Gasteiger partial charge in [-0.05, 0) is 48.3 Å². The SMILES string of the molecule is Cc1nc(N2C[C@@H]3C[C@H](C2)c2ccc(CN(C)Cc4cccc(F)c4)c(=O)n2C3)no1. The lowest BCUT2D eigenvalue weighted by atomic mass is 9.83. The molecule has 0 amide bonds. The molecule has 7 nitrogen and oxygen atoms in total. The maximum atomic E-state index is 13.5. The third-order valence-electron chi connectivity index (χ3n) is 6.26. The van der Waals surface area contributed by atoms with Crippen LogP contribution in [-0.4, -0.2) is 39.7 Å². The van der Waals surface area contributed by atoms with Gasteiger partial charge in [0.25, 0.3) is 11.5 Å². The number of nitrogens with zero attached hydrogens (tertiary/aromatic N) is 5. The maximum absolute atomic E-state index is 13.5. The summed E-state index contributed by atoms with van der Waals surface area (Å²) in [6.45, 7) is 5.23. The third kappa shape index (κ3) is 3.99.